The fourth-order valence-corrected chi connectivity index (χ4v) is 4.23. The smallest absolute Gasteiger partial charge is 0.267 e. The average Bonchev–Trinajstić information content (AvgIpc) is 2.55. The number of aliphatic hydroxyl groups is 1. The standard InChI is InChI=1S/C20H42O4S/c1-3-5-7-9-10-12-17-20(25(22,23)24)18-14-13-16-19(21)15-11-8-6-4-2/h19-21H,3-18H2,1-2H3,(H,22,23,24). The van der Waals surface area contributed by atoms with Gasteiger partial charge in [-0.05, 0) is 25.7 Å². The van der Waals surface area contributed by atoms with E-state index in [1.165, 1.54) is 38.5 Å². The summed E-state index contributed by atoms with van der Waals surface area (Å²) in [5.41, 5.74) is 0. The zero-order valence-corrected chi connectivity index (χ0v) is 17.4. The van der Waals surface area contributed by atoms with Gasteiger partial charge in [0.2, 0.25) is 0 Å². The van der Waals surface area contributed by atoms with Gasteiger partial charge in [0.25, 0.3) is 10.1 Å². The minimum absolute atomic E-state index is 0.264. The van der Waals surface area contributed by atoms with E-state index in [1.807, 2.05) is 0 Å². The molecule has 0 radical (unpaired) electrons. The van der Waals surface area contributed by atoms with E-state index in [-0.39, 0.29) is 6.10 Å². The molecule has 0 saturated heterocycles. The van der Waals surface area contributed by atoms with Crippen molar-refractivity contribution in [2.45, 2.75) is 128 Å². The van der Waals surface area contributed by atoms with Gasteiger partial charge in [0, 0.05) is 0 Å². The summed E-state index contributed by atoms with van der Waals surface area (Å²) in [6.45, 7) is 4.35. The maximum atomic E-state index is 11.5. The second kappa shape index (κ2) is 16.1. The second-order valence-electron chi connectivity index (χ2n) is 7.48. The Morgan fingerprint density at radius 3 is 1.52 bits per heavy atom. The minimum atomic E-state index is -3.95. The van der Waals surface area contributed by atoms with Crippen LogP contribution in [0.4, 0.5) is 0 Å². The van der Waals surface area contributed by atoms with Crippen LogP contribution >= 0.6 is 0 Å². The Morgan fingerprint density at radius 2 is 1.00 bits per heavy atom. The van der Waals surface area contributed by atoms with Crippen LogP contribution in [0.15, 0.2) is 0 Å². The van der Waals surface area contributed by atoms with Gasteiger partial charge in [0.15, 0.2) is 0 Å². The molecular weight excluding hydrogens is 336 g/mol. The van der Waals surface area contributed by atoms with Crippen molar-refractivity contribution in [2.75, 3.05) is 0 Å². The summed E-state index contributed by atoms with van der Waals surface area (Å²) in [5, 5.41) is 9.33. The van der Waals surface area contributed by atoms with Gasteiger partial charge in [-0.15, -0.1) is 0 Å². The summed E-state index contributed by atoms with van der Waals surface area (Å²) < 4.78 is 32.5. The van der Waals surface area contributed by atoms with E-state index in [2.05, 4.69) is 13.8 Å². The lowest BCUT2D eigenvalue weighted by Crippen LogP contribution is -2.20. The van der Waals surface area contributed by atoms with Gasteiger partial charge in [0.1, 0.15) is 0 Å². The molecule has 0 rings (SSSR count). The first-order valence-corrected chi connectivity index (χ1v) is 12.1. The molecule has 5 heteroatoms. The molecule has 4 nitrogen and oxygen atoms in total. The summed E-state index contributed by atoms with van der Waals surface area (Å²) in [6, 6.07) is 0. The maximum absolute atomic E-state index is 11.5. The number of hydrogen-bond acceptors (Lipinski definition) is 3. The Balaban J connectivity index is 3.86. The molecule has 0 aromatic rings. The molecule has 0 heterocycles. The van der Waals surface area contributed by atoms with Gasteiger partial charge in [-0.1, -0.05) is 90.9 Å². The number of unbranched alkanes of at least 4 members (excludes halogenated alkanes) is 9. The first-order chi connectivity index (χ1) is 11.9. The molecule has 2 atom stereocenters. The Bertz CT molecular complexity index is 381. The quantitative estimate of drug-likeness (QED) is 0.230. The van der Waals surface area contributed by atoms with E-state index in [0.717, 1.165) is 51.4 Å². The third-order valence-electron chi connectivity index (χ3n) is 5.01. The molecule has 0 bridgehead atoms. The van der Waals surface area contributed by atoms with Crippen LogP contribution in [0.25, 0.3) is 0 Å². The van der Waals surface area contributed by atoms with Crippen molar-refractivity contribution in [2.24, 2.45) is 0 Å². The van der Waals surface area contributed by atoms with Crippen LogP contribution in [0.5, 0.6) is 0 Å². The molecule has 0 spiro atoms. The van der Waals surface area contributed by atoms with Gasteiger partial charge in [-0.2, -0.15) is 8.42 Å². The van der Waals surface area contributed by atoms with Gasteiger partial charge in [-0.25, -0.2) is 0 Å². The summed E-state index contributed by atoms with van der Waals surface area (Å²) in [6.07, 6.45) is 15.4. The summed E-state index contributed by atoms with van der Waals surface area (Å²) in [5.74, 6) is 0. The van der Waals surface area contributed by atoms with Crippen molar-refractivity contribution in [3.8, 4) is 0 Å². The minimum Gasteiger partial charge on any atom is -0.393 e. The zero-order valence-electron chi connectivity index (χ0n) is 16.6. The van der Waals surface area contributed by atoms with Gasteiger partial charge < -0.3 is 5.11 Å². The molecule has 2 N–H and O–H groups in total. The van der Waals surface area contributed by atoms with Crippen molar-refractivity contribution in [1.29, 1.82) is 0 Å². The lowest BCUT2D eigenvalue weighted by Gasteiger charge is -2.15. The van der Waals surface area contributed by atoms with E-state index in [1.54, 1.807) is 0 Å². The number of rotatable bonds is 18. The lowest BCUT2D eigenvalue weighted by molar-refractivity contribution is 0.147. The number of aliphatic hydroxyl groups excluding tert-OH is 1. The zero-order chi connectivity index (χ0) is 19.0. The van der Waals surface area contributed by atoms with Crippen molar-refractivity contribution in [1.82, 2.24) is 0 Å². The Labute approximate surface area is 156 Å². The van der Waals surface area contributed by atoms with Crippen molar-refractivity contribution in [3.05, 3.63) is 0 Å². The van der Waals surface area contributed by atoms with E-state index >= 15 is 0 Å². The molecule has 0 aliphatic rings. The molecule has 0 aliphatic heterocycles. The van der Waals surface area contributed by atoms with Crippen LogP contribution in [-0.2, 0) is 10.1 Å². The van der Waals surface area contributed by atoms with Crippen LogP contribution in [0.3, 0.4) is 0 Å². The predicted octanol–water partition coefficient (Wildman–Crippen LogP) is 5.89. The molecule has 2 unspecified atom stereocenters. The highest BCUT2D eigenvalue weighted by Crippen LogP contribution is 2.19. The highest BCUT2D eigenvalue weighted by molar-refractivity contribution is 7.86. The van der Waals surface area contributed by atoms with E-state index in [4.69, 9.17) is 0 Å². The van der Waals surface area contributed by atoms with Gasteiger partial charge >= 0.3 is 0 Å². The van der Waals surface area contributed by atoms with Gasteiger partial charge in [-0.3, -0.25) is 4.55 Å². The SMILES string of the molecule is CCCCCCCCC(CCCCC(O)CCCCCC)S(=O)(=O)O. The molecular formula is C20H42O4S. The molecule has 0 amide bonds. The Morgan fingerprint density at radius 1 is 0.640 bits per heavy atom. The summed E-state index contributed by atoms with van der Waals surface area (Å²) in [7, 11) is -3.95. The maximum Gasteiger partial charge on any atom is 0.267 e. The first-order valence-electron chi connectivity index (χ1n) is 10.6. The van der Waals surface area contributed by atoms with Crippen molar-refractivity contribution < 1.29 is 18.1 Å². The molecule has 0 aromatic carbocycles. The third kappa shape index (κ3) is 15.8. The lowest BCUT2D eigenvalue weighted by atomic mass is 10.0. The largest absolute Gasteiger partial charge is 0.393 e. The average molecular weight is 379 g/mol. The van der Waals surface area contributed by atoms with Crippen molar-refractivity contribution >= 4 is 10.1 Å². The van der Waals surface area contributed by atoms with Crippen LogP contribution in [0, 0.1) is 0 Å². The van der Waals surface area contributed by atoms with Gasteiger partial charge in [0.05, 0.1) is 11.4 Å². The molecule has 152 valence electrons. The topological polar surface area (TPSA) is 74.6 Å². The van der Waals surface area contributed by atoms with Crippen molar-refractivity contribution in [3.63, 3.8) is 0 Å². The number of hydrogen-bond donors (Lipinski definition) is 2. The molecule has 25 heavy (non-hydrogen) atoms. The van der Waals surface area contributed by atoms with Crippen LogP contribution in [0.2, 0.25) is 0 Å². The molecule has 0 aliphatic carbocycles. The van der Waals surface area contributed by atoms with Crippen LogP contribution in [-0.4, -0.2) is 29.4 Å². The monoisotopic (exact) mass is 378 g/mol. The molecule has 0 aromatic heterocycles. The second-order valence-corrected chi connectivity index (χ2v) is 9.18. The first kappa shape index (κ1) is 24.9. The molecule has 0 saturated carbocycles. The van der Waals surface area contributed by atoms with E-state index in [9.17, 15) is 18.1 Å². The van der Waals surface area contributed by atoms with E-state index in [0.29, 0.717) is 12.8 Å². The Kier molecular flexibility index (Phi) is 16.0. The highest BCUT2D eigenvalue weighted by Gasteiger charge is 2.22. The molecule has 0 fully saturated rings. The normalized spacial score (nSPS) is 14.6. The fourth-order valence-electron chi connectivity index (χ4n) is 3.30. The van der Waals surface area contributed by atoms with E-state index < -0.39 is 15.4 Å². The highest BCUT2D eigenvalue weighted by atomic mass is 32.2. The summed E-state index contributed by atoms with van der Waals surface area (Å²) >= 11 is 0. The third-order valence-corrected chi connectivity index (χ3v) is 6.32. The Hall–Kier alpha value is -0.130. The fraction of sp³-hybridized carbons (Fsp3) is 1.00. The van der Waals surface area contributed by atoms with Crippen LogP contribution in [0.1, 0.15) is 117 Å². The van der Waals surface area contributed by atoms with Crippen LogP contribution < -0.4 is 0 Å². The summed E-state index contributed by atoms with van der Waals surface area (Å²) in [4.78, 5) is 0. The predicted molar refractivity (Wildman–Crippen MR) is 107 cm³/mol.